The highest BCUT2D eigenvalue weighted by Crippen LogP contribution is 2.24. The third kappa shape index (κ3) is 4.43. The van der Waals surface area contributed by atoms with Gasteiger partial charge in [-0.1, -0.05) is 17.7 Å². The fourth-order valence-corrected chi connectivity index (χ4v) is 2.18. The van der Waals surface area contributed by atoms with Crippen molar-refractivity contribution >= 4 is 28.9 Å². The van der Waals surface area contributed by atoms with Crippen molar-refractivity contribution in [2.45, 2.75) is 20.0 Å². The number of non-ortho nitro benzene ring substituents is 1. The molecule has 7 heteroatoms. The van der Waals surface area contributed by atoms with Gasteiger partial charge in [0, 0.05) is 23.9 Å². The summed E-state index contributed by atoms with van der Waals surface area (Å²) >= 11 is 5.94. The summed E-state index contributed by atoms with van der Waals surface area (Å²) in [6, 6.07) is 10.7. The SMILES string of the molecule is CC(C)Oc1cccc(NC(=O)c2ccc([N+](=O)[O-])cc2Cl)c1. The fraction of sp³-hybridized carbons (Fsp3) is 0.188. The lowest BCUT2D eigenvalue weighted by Gasteiger charge is -2.12. The van der Waals surface area contributed by atoms with E-state index in [1.165, 1.54) is 12.1 Å². The summed E-state index contributed by atoms with van der Waals surface area (Å²) < 4.78 is 5.56. The molecule has 6 nitrogen and oxygen atoms in total. The predicted octanol–water partition coefficient (Wildman–Crippen LogP) is 4.29. The third-order valence-corrected chi connectivity index (χ3v) is 3.18. The number of carbonyl (C=O) groups excluding carboxylic acids is 1. The quantitative estimate of drug-likeness (QED) is 0.653. The van der Waals surface area contributed by atoms with E-state index >= 15 is 0 Å². The smallest absolute Gasteiger partial charge is 0.270 e. The molecular formula is C16H15ClN2O4. The molecule has 23 heavy (non-hydrogen) atoms. The largest absolute Gasteiger partial charge is 0.491 e. The van der Waals surface area contributed by atoms with Crippen LogP contribution in [0.3, 0.4) is 0 Å². The molecule has 0 unspecified atom stereocenters. The van der Waals surface area contributed by atoms with Gasteiger partial charge in [0.15, 0.2) is 0 Å². The van der Waals surface area contributed by atoms with E-state index in [4.69, 9.17) is 16.3 Å². The first-order valence-corrected chi connectivity index (χ1v) is 7.26. The number of amides is 1. The van der Waals surface area contributed by atoms with E-state index < -0.39 is 10.8 Å². The van der Waals surface area contributed by atoms with E-state index in [0.717, 1.165) is 6.07 Å². The number of carbonyl (C=O) groups is 1. The van der Waals surface area contributed by atoms with Crippen molar-refractivity contribution in [2.24, 2.45) is 0 Å². The molecule has 1 amide bonds. The number of halogens is 1. The van der Waals surface area contributed by atoms with E-state index in [1.807, 2.05) is 13.8 Å². The second-order valence-corrected chi connectivity index (χ2v) is 5.48. The average molecular weight is 335 g/mol. The van der Waals surface area contributed by atoms with Gasteiger partial charge in [0.25, 0.3) is 11.6 Å². The first-order chi connectivity index (χ1) is 10.9. The molecule has 0 spiro atoms. The van der Waals surface area contributed by atoms with Gasteiger partial charge in [0.05, 0.1) is 21.6 Å². The average Bonchev–Trinajstić information content (AvgIpc) is 2.46. The monoisotopic (exact) mass is 334 g/mol. The molecule has 0 bridgehead atoms. The molecule has 0 aromatic heterocycles. The van der Waals surface area contributed by atoms with Crippen molar-refractivity contribution in [1.29, 1.82) is 0 Å². The molecular weight excluding hydrogens is 320 g/mol. The minimum atomic E-state index is -0.569. The van der Waals surface area contributed by atoms with Gasteiger partial charge in [0.1, 0.15) is 5.75 Å². The number of rotatable bonds is 5. The Morgan fingerprint density at radius 2 is 2.00 bits per heavy atom. The maximum atomic E-state index is 12.2. The Balaban J connectivity index is 2.17. The molecule has 0 aliphatic rings. The van der Waals surface area contributed by atoms with Crippen molar-refractivity contribution in [3.63, 3.8) is 0 Å². The van der Waals surface area contributed by atoms with E-state index in [0.29, 0.717) is 11.4 Å². The maximum Gasteiger partial charge on any atom is 0.270 e. The highest BCUT2D eigenvalue weighted by Gasteiger charge is 2.15. The molecule has 0 saturated carbocycles. The molecule has 0 fully saturated rings. The number of anilines is 1. The summed E-state index contributed by atoms with van der Waals surface area (Å²) in [6.07, 6.45) is 0.0186. The molecule has 2 rings (SSSR count). The zero-order chi connectivity index (χ0) is 17.0. The molecule has 120 valence electrons. The van der Waals surface area contributed by atoms with Gasteiger partial charge in [-0.3, -0.25) is 14.9 Å². The summed E-state index contributed by atoms with van der Waals surface area (Å²) in [5.74, 6) is 0.180. The minimum Gasteiger partial charge on any atom is -0.491 e. The molecule has 0 atom stereocenters. The summed E-state index contributed by atoms with van der Waals surface area (Å²) in [5, 5.41) is 13.4. The van der Waals surface area contributed by atoms with Gasteiger partial charge in [-0.25, -0.2) is 0 Å². The number of hydrogen-bond acceptors (Lipinski definition) is 4. The first-order valence-electron chi connectivity index (χ1n) is 6.89. The van der Waals surface area contributed by atoms with Crippen LogP contribution in [0.1, 0.15) is 24.2 Å². The molecule has 0 aliphatic heterocycles. The maximum absolute atomic E-state index is 12.2. The predicted molar refractivity (Wildman–Crippen MR) is 88.3 cm³/mol. The topological polar surface area (TPSA) is 81.5 Å². The van der Waals surface area contributed by atoms with E-state index in [2.05, 4.69) is 5.32 Å². The second-order valence-electron chi connectivity index (χ2n) is 5.07. The van der Waals surface area contributed by atoms with Crippen LogP contribution in [-0.4, -0.2) is 16.9 Å². The number of hydrogen-bond donors (Lipinski definition) is 1. The van der Waals surface area contributed by atoms with Crippen LogP contribution >= 0.6 is 11.6 Å². The number of nitrogens with one attached hydrogen (secondary N) is 1. The molecule has 2 aromatic rings. The highest BCUT2D eigenvalue weighted by atomic mass is 35.5. The first kappa shape index (κ1) is 16.8. The van der Waals surface area contributed by atoms with Gasteiger partial charge < -0.3 is 10.1 Å². The summed E-state index contributed by atoms with van der Waals surface area (Å²) in [4.78, 5) is 22.4. The van der Waals surface area contributed by atoms with Gasteiger partial charge in [0.2, 0.25) is 0 Å². The van der Waals surface area contributed by atoms with Crippen molar-refractivity contribution in [2.75, 3.05) is 5.32 Å². The molecule has 0 saturated heterocycles. The van der Waals surface area contributed by atoms with E-state index in [1.54, 1.807) is 24.3 Å². The van der Waals surface area contributed by atoms with Crippen LogP contribution in [0.25, 0.3) is 0 Å². The van der Waals surface area contributed by atoms with Crippen LogP contribution in [0.4, 0.5) is 11.4 Å². The van der Waals surface area contributed by atoms with Crippen LogP contribution in [0.15, 0.2) is 42.5 Å². The summed E-state index contributed by atoms with van der Waals surface area (Å²) in [7, 11) is 0. The van der Waals surface area contributed by atoms with Gasteiger partial charge >= 0.3 is 0 Å². The Hall–Kier alpha value is -2.60. The van der Waals surface area contributed by atoms with Crippen LogP contribution in [0.2, 0.25) is 5.02 Å². The van der Waals surface area contributed by atoms with Crippen molar-refractivity contribution in [3.8, 4) is 5.75 Å². The van der Waals surface area contributed by atoms with Crippen molar-refractivity contribution < 1.29 is 14.5 Å². The Labute approximate surface area is 138 Å². The third-order valence-electron chi connectivity index (χ3n) is 2.87. The molecule has 0 radical (unpaired) electrons. The molecule has 2 aromatic carbocycles. The Kier molecular flexibility index (Phi) is 5.18. The normalized spacial score (nSPS) is 10.4. The lowest BCUT2D eigenvalue weighted by atomic mass is 10.2. The molecule has 0 heterocycles. The lowest BCUT2D eigenvalue weighted by Crippen LogP contribution is -2.13. The van der Waals surface area contributed by atoms with Crippen LogP contribution < -0.4 is 10.1 Å². The van der Waals surface area contributed by atoms with Gasteiger partial charge in [-0.05, 0) is 32.0 Å². The number of nitro groups is 1. The Bertz CT molecular complexity index is 747. The number of nitro benzene ring substituents is 1. The van der Waals surface area contributed by atoms with Gasteiger partial charge in [-0.15, -0.1) is 0 Å². The van der Waals surface area contributed by atoms with Crippen molar-refractivity contribution in [3.05, 3.63) is 63.2 Å². The summed E-state index contributed by atoms with van der Waals surface area (Å²) in [5.41, 5.74) is 0.536. The minimum absolute atomic E-state index is 0.0186. The van der Waals surface area contributed by atoms with E-state index in [9.17, 15) is 14.9 Å². The number of nitrogens with zero attached hydrogens (tertiary/aromatic N) is 1. The van der Waals surface area contributed by atoms with Crippen LogP contribution in [0, 0.1) is 10.1 Å². The fourth-order valence-electron chi connectivity index (χ4n) is 1.92. The molecule has 0 aliphatic carbocycles. The highest BCUT2D eigenvalue weighted by molar-refractivity contribution is 6.34. The van der Waals surface area contributed by atoms with Crippen molar-refractivity contribution in [1.82, 2.24) is 0 Å². The van der Waals surface area contributed by atoms with Gasteiger partial charge in [-0.2, -0.15) is 0 Å². The summed E-state index contributed by atoms with van der Waals surface area (Å²) in [6.45, 7) is 3.81. The Morgan fingerprint density at radius 3 is 2.61 bits per heavy atom. The second kappa shape index (κ2) is 7.11. The zero-order valence-corrected chi connectivity index (χ0v) is 13.3. The van der Waals surface area contributed by atoms with Crippen LogP contribution in [-0.2, 0) is 0 Å². The van der Waals surface area contributed by atoms with E-state index in [-0.39, 0.29) is 22.4 Å². The molecule has 1 N–H and O–H groups in total. The number of ether oxygens (including phenoxy) is 1. The lowest BCUT2D eigenvalue weighted by molar-refractivity contribution is -0.384. The standard InChI is InChI=1S/C16H15ClN2O4/c1-10(2)23-13-5-3-4-11(8-13)18-16(20)14-7-6-12(19(21)22)9-15(14)17/h3-10H,1-2H3,(H,18,20). The van der Waals surface area contributed by atoms with Crippen LogP contribution in [0.5, 0.6) is 5.75 Å². The zero-order valence-electron chi connectivity index (χ0n) is 12.6. The Morgan fingerprint density at radius 1 is 1.26 bits per heavy atom. The number of benzene rings is 2.